The zero-order chi connectivity index (χ0) is 19.5. The zero-order valence-corrected chi connectivity index (χ0v) is 17.0. The Labute approximate surface area is 170 Å². The van der Waals surface area contributed by atoms with Crippen molar-refractivity contribution in [3.63, 3.8) is 0 Å². The molecule has 146 valence electrons. The summed E-state index contributed by atoms with van der Waals surface area (Å²) in [5.41, 5.74) is 3.60. The average molecular weight is 399 g/mol. The van der Waals surface area contributed by atoms with Gasteiger partial charge in [-0.25, -0.2) is 4.79 Å². The first-order valence-corrected chi connectivity index (χ1v) is 10.4. The van der Waals surface area contributed by atoms with Crippen LogP contribution in [0.5, 0.6) is 0 Å². The summed E-state index contributed by atoms with van der Waals surface area (Å²) < 4.78 is 5.38. The smallest absolute Gasteiger partial charge is 0.336 e. The Morgan fingerprint density at radius 2 is 1.89 bits per heavy atom. The molecule has 3 aromatic rings. The zero-order valence-electron chi connectivity index (χ0n) is 16.2. The van der Waals surface area contributed by atoms with Crippen LogP contribution in [0.3, 0.4) is 0 Å². The van der Waals surface area contributed by atoms with Crippen LogP contribution < -0.4 is 15.8 Å². The maximum atomic E-state index is 12.0. The highest BCUT2D eigenvalue weighted by atomic mass is 35.5. The summed E-state index contributed by atoms with van der Waals surface area (Å²) in [7, 11) is 0. The number of fused-ring (bicyclic) bond motifs is 1. The molecule has 3 N–H and O–H groups in total. The van der Waals surface area contributed by atoms with Crippen molar-refractivity contribution in [2.45, 2.75) is 32.4 Å². The van der Waals surface area contributed by atoms with E-state index in [4.69, 9.17) is 16.0 Å². The molecule has 1 aliphatic heterocycles. The van der Waals surface area contributed by atoms with Crippen LogP contribution in [0, 0.1) is 6.92 Å². The Balaban J connectivity index is 1.55. The van der Waals surface area contributed by atoms with E-state index in [2.05, 4.69) is 35.6 Å². The summed E-state index contributed by atoms with van der Waals surface area (Å²) in [6.45, 7) is 6.11. The average Bonchev–Trinajstić information content (AvgIpc) is 3.21. The van der Waals surface area contributed by atoms with E-state index in [1.807, 2.05) is 19.1 Å². The van der Waals surface area contributed by atoms with E-state index < -0.39 is 0 Å². The molecule has 1 fully saturated rings. The Kier molecular flexibility index (Phi) is 5.81. The third-order valence-corrected chi connectivity index (χ3v) is 6.22. The SMILES string of the molecule is Cc1cc2oc(=O)cc(C[NH2+]C[C@H](c3ccccc3)[NH+]3CCCC3)c2cc1Cl. The van der Waals surface area contributed by atoms with Crippen LogP contribution in [0.2, 0.25) is 5.02 Å². The van der Waals surface area contributed by atoms with Crippen molar-refractivity contribution in [1.29, 1.82) is 0 Å². The van der Waals surface area contributed by atoms with Crippen LogP contribution >= 0.6 is 11.6 Å². The molecule has 0 unspecified atom stereocenters. The second-order valence-electron chi connectivity index (χ2n) is 7.75. The Hall–Kier alpha value is -2.14. The molecule has 1 saturated heterocycles. The minimum atomic E-state index is -0.303. The third-order valence-electron chi connectivity index (χ3n) is 5.82. The molecule has 0 radical (unpaired) electrons. The van der Waals surface area contributed by atoms with Gasteiger partial charge in [-0.05, 0) is 24.6 Å². The molecule has 0 spiro atoms. The van der Waals surface area contributed by atoms with Gasteiger partial charge in [-0.3, -0.25) is 0 Å². The second kappa shape index (κ2) is 8.48. The highest BCUT2D eigenvalue weighted by Crippen LogP contribution is 2.24. The molecule has 1 atom stereocenters. The molecule has 2 heterocycles. The molecule has 5 heteroatoms. The number of hydrogen-bond acceptors (Lipinski definition) is 2. The first-order chi connectivity index (χ1) is 13.6. The minimum absolute atomic E-state index is 0.303. The molecular weight excluding hydrogens is 372 g/mol. The fraction of sp³-hybridized carbons (Fsp3) is 0.348. The van der Waals surface area contributed by atoms with Crippen molar-refractivity contribution >= 4 is 22.6 Å². The Bertz CT molecular complexity index is 1010. The lowest BCUT2D eigenvalue weighted by molar-refractivity contribution is -0.935. The van der Waals surface area contributed by atoms with E-state index in [9.17, 15) is 4.79 Å². The predicted molar refractivity (Wildman–Crippen MR) is 112 cm³/mol. The summed E-state index contributed by atoms with van der Waals surface area (Å²) in [6, 6.07) is 16.6. The van der Waals surface area contributed by atoms with Gasteiger partial charge >= 0.3 is 5.63 Å². The number of likely N-dealkylation sites (tertiary alicyclic amines) is 1. The van der Waals surface area contributed by atoms with E-state index in [0.717, 1.165) is 29.6 Å². The number of nitrogens with one attached hydrogen (secondary N) is 1. The number of aryl methyl sites for hydroxylation is 1. The van der Waals surface area contributed by atoms with Crippen molar-refractivity contribution < 1.29 is 14.6 Å². The first kappa shape index (κ1) is 19.2. The first-order valence-electron chi connectivity index (χ1n) is 10.1. The lowest BCUT2D eigenvalue weighted by Gasteiger charge is -2.23. The van der Waals surface area contributed by atoms with Gasteiger partial charge in [0.15, 0.2) is 6.04 Å². The molecule has 2 aromatic carbocycles. The molecule has 0 saturated carbocycles. The fourth-order valence-corrected chi connectivity index (χ4v) is 4.49. The number of benzene rings is 2. The molecule has 0 aliphatic carbocycles. The molecule has 4 nitrogen and oxygen atoms in total. The summed E-state index contributed by atoms with van der Waals surface area (Å²) in [6.07, 6.45) is 2.61. The van der Waals surface area contributed by atoms with Crippen LogP contribution in [0.15, 0.2) is 57.7 Å². The standard InChI is InChI=1S/C23H25ClN2O2/c1-16-11-22-19(13-20(16)24)18(12-23(27)28-22)14-25-15-21(26-9-5-6-10-26)17-7-3-2-4-8-17/h2-4,7-8,11-13,21,25H,5-6,9-10,14-15H2,1H3/p+2/t21-/m1/s1. The van der Waals surface area contributed by atoms with E-state index in [-0.39, 0.29) is 5.63 Å². The Morgan fingerprint density at radius 1 is 1.14 bits per heavy atom. The van der Waals surface area contributed by atoms with Crippen molar-refractivity contribution in [3.8, 4) is 0 Å². The number of hydrogen-bond donors (Lipinski definition) is 2. The molecule has 4 rings (SSSR count). The van der Waals surface area contributed by atoms with Crippen LogP contribution in [-0.2, 0) is 6.54 Å². The third kappa shape index (κ3) is 4.14. The molecule has 28 heavy (non-hydrogen) atoms. The van der Waals surface area contributed by atoms with Gasteiger partial charge in [-0.1, -0.05) is 41.9 Å². The minimum Gasteiger partial charge on any atom is -0.423 e. The van der Waals surface area contributed by atoms with Crippen molar-refractivity contribution in [2.24, 2.45) is 0 Å². The summed E-state index contributed by atoms with van der Waals surface area (Å²) >= 11 is 6.32. The number of halogens is 1. The topological polar surface area (TPSA) is 51.3 Å². The summed E-state index contributed by atoms with van der Waals surface area (Å²) in [5, 5.41) is 3.94. The van der Waals surface area contributed by atoms with Crippen LogP contribution in [-0.4, -0.2) is 19.6 Å². The van der Waals surface area contributed by atoms with Gasteiger partial charge in [0.05, 0.1) is 13.1 Å². The quantitative estimate of drug-likeness (QED) is 0.626. The fourth-order valence-electron chi connectivity index (χ4n) is 4.32. The Morgan fingerprint density at radius 3 is 2.64 bits per heavy atom. The van der Waals surface area contributed by atoms with E-state index in [1.165, 1.54) is 31.5 Å². The van der Waals surface area contributed by atoms with Gasteiger partial charge in [-0.2, -0.15) is 0 Å². The van der Waals surface area contributed by atoms with Crippen molar-refractivity contribution in [2.75, 3.05) is 19.6 Å². The van der Waals surface area contributed by atoms with Crippen LogP contribution in [0.4, 0.5) is 0 Å². The monoisotopic (exact) mass is 398 g/mol. The number of quaternary nitrogens is 2. The highest BCUT2D eigenvalue weighted by Gasteiger charge is 2.28. The maximum Gasteiger partial charge on any atom is 0.336 e. The predicted octanol–water partition coefficient (Wildman–Crippen LogP) is 2.24. The van der Waals surface area contributed by atoms with Crippen LogP contribution in [0.1, 0.15) is 35.6 Å². The van der Waals surface area contributed by atoms with Crippen molar-refractivity contribution in [1.82, 2.24) is 0 Å². The molecule has 0 bridgehead atoms. The molecule has 1 aliphatic rings. The van der Waals surface area contributed by atoms with Gasteiger partial charge in [0, 0.05) is 40.4 Å². The molecular formula is C23H27ClN2O2+2. The van der Waals surface area contributed by atoms with Crippen LogP contribution in [0.25, 0.3) is 11.0 Å². The number of nitrogens with two attached hydrogens (primary N) is 1. The van der Waals surface area contributed by atoms with Gasteiger partial charge in [0.2, 0.25) is 0 Å². The largest absolute Gasteiger partial charge is 0.423 e. The van der Waals surface area contributed by atoms with Gasteiger partial charge in [0.1, 0.15) is 18.7 Å². The molecule has 1 aromatic heterocycles. The van der Waals surface area contributed by atoms with E-state index in [0.29, 0.717) is 16.6 Å². The van der Waals surface area contributed by atoms with Gasteiger partial charge in [0.25, 0.3) is 0 Å². The van der Waals surface area contributed by atoms with Gasteiger partial charge < -0.3 is 14.6 Å². The lowest BCUT2D eigenvalue weighted by atomic mass is 10.0. The lowest BCUT2D eigenvalue weighted by Crippen LogP contribution is -3.13. The second-order valence-corrected chi connectivity index (χ2v) is 8.15. The normalized spacial score (nSPS) is 15.9. The van der Waals surface area contributed by atoms with E-state index >= 15 is 0 Å². The molecule has 0 amide bonds. The van der Waals surface area contributed by atoms with Gasteiger partial charge in [-0.15, -0.1) is 0 Å². The summed E-state index contributed by atoms with van der Waals surface area (Å²) in [4.78, 5) is 13.7. The van der Waals surface area contributed by atoms with Crippen molar-refractivity contribution in [3.05, 3.63) is 80.7 Å². The number of rotatable bonds is 6. The van der Waals surface area contributed by atoms with E-state index in [1.54, 1.807) is 11.0 Å². The highest BCUT2D eigenvalue weighted by molar-refractivity contribution is 6.32. The summed E-state index contributed by atoms with van der Waals surface area (Å²) in [5.74, 6) is 0. The maximum absolute atomic E-state index is 12.0.